The first kappa shape index (κ1) is 22.2. The molecule has 5 nitrogen and oxygen atoms in total. The Balaban J connectivity index is 1.90. The quantitative estimate of drug-likeness (QED) is 0.340. The number of carbonyl (C=O) groups excluding carboxylic acids is 1. The van der Waals surface area contributed by atoms with Gasteiger partial charge in [-0.05, 0) is 78.0 Å². The topological polar surface area (TPSA) is 56.1 Å². The zero-order valence-corrected chi connectivity index (χ0v) is 20.3. The third-order valence-electron chi connectivity index (χ3n) is 5.26. The number of ether oxygens (including phenoxy) is 1. The molecule has 0 aliphatic heterocycles. The van der Waals surface area contributed by atoms with Gasteiger partial charge in [0.05, 0.1) is 18.3 Å². The van der Waals surface area contributed by atoms with Crippen molar-refractivity contribution in [3.8, 4) is 0 Å². The number of nitrogens with one attached hydrogen (secondary N) is 1. The Kier molecular flexibility index (Phi) is 6.60. The van der Waals surface area contributed by atoms with Gasteiger partial charge in [-0.1, -0.05) is 41.4 Å². The van der Waals surface area contributed by atoms with Crippen LogP contribution in [0.15, 0.2) is 47.2 Å². The lowest BCUT2D eigenvalue weighted by molar-refractivity contribution is 0.0518. The van der Waals surface area contributed by atoms with E-state index in [0.29, 0.717) is 20.5 Å². The van der Waals surface area contributed by atoms with Crippen molar-refractivity contribution in [2.45, 2.75) is 38.8 Å². The second kappa shape index (κ2) is 9.23. The van der Waals surface area contributed by atoms with Crippen LogP contribution in [0.1, 0.15) is 59.2 Å². The van der Waals surface area contributed by atoms with E-state index in [1.165, 1.54) is 0 Å². The Bertz CT molecular complexity index is 1110. The highest BCUT2D eigenvalue weighted by molar-refractivity contribution is 9.10. The second-order valence-corrected chi connectivity index (χ2v) is 9.11. The molecule has 2 aromatic carbocycles. The van der Waals surface area contributed by atoms with E-state index in [2.05, 4.69) is 30.8 Å². The van der Waals surface area contributed by atoms with Gasteiger partial charge in [0, 0.05) is 21.8 Å². The van der Waals surface area contributed by atoms with Crippen LogP contribution >= 0.6 is 39.1 Å². The number of benzene rings is 2. The van der Waals surface area contributed by atoms with E-state index in [4.69, 9.17) is 27.9 Å². The molecule has 1 aliphatic rings. The second-order valence-electron chi connectivity index (χ2n) is 7.52. The van der Waals surface area contributed by atoms with Crippen LogP contribution in [-0.2, 0) is 4.74 Å². The summed E-state index contributed by atoms with van der Waals surface area (Å²) in [5.74, 6) is -0.443. The number of hydrogen-bond acceptors (Lipinski definition) is 4. The number of hydrogen-bond donors (Lipinski definition) is 1. The maximum Gasteiger partial charge on any atom is 0.358 e. The van der Waals surface area contributed by atoms with Crippen LogP contribution in [-0.4, -0.2) is 22.1 Å². The summed E-state index contributed by atoms with van der Waals surface area (Å²) in [6.45, 7) is 4.07. The number of carbonyl (C=O) groups is 1. The molecule has 0 saturated heterocycles. The first-order valence-electron chi connectivity index (χ1n) is 10.1. The predicted molar refractivity (Wildman–Crippen MR) is 127 cm³/mol. The number of aryl methyl sites for hydroxylation is 1. The number of esters is 1. The zero-order valence-electron chi connectivity index (χ0n) is 17.2. The normalized spacial score (nSPS) is 14.4. The molecule has 0 radical (unpaired) electrons. The molecular formula is C23H22BrCl2N3O2. The molecule has 0 bridgehead atoms. The Hall–Kier alpha value is -2.02. The molecule has 8 heteroatoms. The first-order chi connectivity index (χ1) is 14.9. The van der Waals surface area contributed by atoms with Crippen LogP contribution in [0.4, 0.5) is 5.69 Å². The lowest BCUT2D eigenvalue weighted by Crippen LogP contribution is -2.21. The van der Waals surface area contributed by atoms with Gasteiger partial charge in [0.1, 0.15) is 0 Å². The molecule has 1 unspecified atom stereocenters. The number of rotatable bonds is 7. The number of halogens is 3. The minimum atomic E-state index is -0.443. The van der Waals surface area contributed by atoms with Gasteiger partial charge in [0.2, 0.25) is 0 Å². The molecule has 1 N–H and O–H groups in total. The standard InChI is InChI=1S/C23H22BrCl2N3O2/c1-3-31-22(30)20-21(29(17-10-11-17)23(24)28-20)19(14-5-8-15(25)9-6-14)27-18-12-16(26)7-4-13(18)2/h4-9,12,17,19,27H,3,10-11H2,1-2H3. The van der Waals surface area contributed by atoms with Crippen molar-refractivity contribution in [3.63, 3.8) is 0 Å². The van der Waals surface area contributed by atoms with Crippen molar-refractivity contribution in [1.82, 2.24) is 9.55 Å². The van der Waals surface area contributed by atoms with Crippen molar-refractivity contribution >= 4 is 50.8 Å². The zero-order chi connectivity index (χ0) is 22.1. The molecule has 1 aromatic heterocycles. The number of anilines is 1. The predicted octanol–water partition coefficient (Wildman–Crippen LogP) is 6.97. The molecule has 4 rings (SSSR count). The average molecular weight is 523 g/mol. The van der Waals surface area contributed by atoms with Crippen molar-refractivity contribution in [2.24, 2.45) is 0 Å². The van der Waals surface area contributed by atoms with Crippen molar-refractivity contribution in [3.05, 3.63) is 79.8 Å². The van der Waals surface area contributed by atoms with Crippen LogP contribution in [0.3, 0.4) is 0 Å². The lowest BCUT2D eigenvalue weighted by Gasteiger charge is -2.24. The van der Waals surface area contributed by atoms with E-state index >= 15 is 0 Å². The molecular weight excluding hydrogens is 501 g/mol. The Morgan fingerprint density at radius 2 is 1.90 bits per heavy atom. The number of imidazole rings is 1. The smallest absolute Gasteiger partial charge is 0.358 e. The highest BCUT2D eigenvalue weighted by atomic mass is 79.9. The Labute approximate surface area is 199 Å². The SMILES string of the molecule is CCOC(=O)c1nc(Br)n(C2CC2)c1C(Nc1cc(Cl)ccc1C)c1ccc(Cl)cc1. The highest BCUT2D eigenvalue weighted by Crippen LogP contribution is 2.43. The molecule has 1 saturated carbocycles. The molecule has 3 aromatic rings. The fourth-order valence-corrected chi connectivity index (χ4v) is 4.55. The summed E-state index contributed by atoms with van der Waals surface area (Å²) in [6.07, 6.45) is 2.07. The monoisotopic (exact) mass is 521 g/mol. The molecule has 1 aliphatic carbocycles. The molecule has 31 heavy (non-hydrogen) atoms. The van der Waals surface area contributed by atoms with Gasteiger partial charge in [-0.2, -0.15) is 0 Å². The van der Waals surface area contributed by atoms with Gasteiger partial charge in [0.15, 0.2) is 10.4 Å². The molecule has 1 fully saturated rings. The maximum atomic E-state index is 12.8. The van der Waals surface area contributed by atoms with Gasteiger partial charge in [0.25, 0.3) is 0 Å². The summed E-state index contributed by atoms with van der Waals surface area (Å²) in [7, 11) is 0. The highest BCUT2D eigenvalue weighted by Gasteiger charge is 2.36. The van der Waals surface area contributed by atoms with Crippen LogP contribution in [0, 0.1) is 6.92 Å². The van der Waals surface area contributed by atoms with Crippen molar-refractivity contribution in [2.75, 3.05) is 11.9 Å². The van der Waals surface area contributed by atoms with E-state index in [-0.39, 0.29) is 18.7 Å². The van der Waals surface area contributed by atoms with Gasteiger partial charge >= 0.3 is 5.97 Å². The fraction of sp³-hybridized carbons (Fsp3) is 0.304. The molecule has 162 valence electrons. The van der Waals surface area contributed by atoms with E-state index in [9.17, 15) is 4.79 Å². The average Bonchev–Trinajstić information content (AvgIpc) is 3.52. The van der Waals surface area contributed by atoms with E-state index < -0.39 is 5.97 Å². The molecule has 1 atom stereocenters. The Morgan fingerprint density at radius 3 is 2.55 bits per heavy atom. The fourth-order valence-electron chi connectivity index (χ4n) is 3.59. The number of nitrogens with zero attached hydrogens (tertiary/aromatic N) is 2. The van der Waals surface area contributed by atoms with Crippen LogP contribution in [0.2, 0.25) is 10.0 Å². The van der Waals surface area contributed by atoms with Gasteiger partial charge in [-0.3, -0.25) is 0 Å². The lowest BCUT2D eigenvalue weighted by atomic mass is 10.0. The van der Waals surface area contributed by atoms with Crippen molar-refractivity contribution < 1.29 is 9.53 Å². The summed E-state index contributed by atoms with van der Waals surface area (Å²) in [6, 6.07) is 13.2. The van der Waals surface area contributed by atoms with Crippen molar-refractivity contribution in [1.29, 1.82) is 0 Å². The third-order valence-corrected chi connectivity index (χ3v) is 6.31. The summed E-state index contributed by atoms with van der Waals surface area (Å²) in [4.78, 5) is 17.4. The van der Waals surface area contributed by atoms with E-state index in [1.54, 1.807) is 6.92 Å². The van der Waals surface area contributed by atoms with Crippen LogP contribution in [0.5, 0.6) is 0 Å². The molecule has 0 amide bonds. The minimum Gasteiger partial charge on any atom is -0.461 e. The van der Waals surface area contributed by atoms with E-state index in [1.807, 2.05) is 49.4 Å². The maximum absolute atomic E-state index is 12.8. The van der Waals surface area contributed by atoms with Gasteiger partial charge < -0.3 is 14.6 Å². The summed E-state index contributed by atoms with van der Waals surface area (Å²) in [5, 5.41) is 4.87. The van der Waals surface area contributed by atoms with Crippen LogP contribution < -0.4 is 5.32 Å². The van der Waals surface area contributed by atoms with E-state index in [0.717, 1.165) is 35.3 Å². The Morgan fingerprint density at radius 1 is 1.23 bits per heavy atom. The first-order valence-corrected chi connectivity index (χ1v) is 11.7. The molecule has 1 heterocycles. The van der Waals surface area contributed by atoms with Gasteiger partial charge in [-0.15, -0.1) is 0 Å². The van der Waals surface area contributed by atoms with Crippen LogP contribution in [0.25, 0.3) is 0 Å². The number of aromatic nitrogens is 2. The summed E-state index contributed by atoms with van der Waals surface area (Å²) in [5.41, 5.74) is 3.92. The molecule has 0 spiro atoms. The summed E-state index contributed by atoms with van der Waals surface area (Å²) >= 11 is 16.0. The third kappa shape index (κ3) is 4.76. The summed E-state index contributed by atoms with van der Waals surface area (Å²) < 4.78 is 8.05. The van der Waals surface area contributed by atoms with Gasteiger partial charge in [-0.25, -0.2) is 9.78 Å². The minimum absolute atomic E-state index is 0.276. The largest absolute Gasteiger partial charge is 0.461 e.